The van der Waals surface area contributed by atoms with E-state index < -0.39 is 6.29 Å². The molecule has 1 saturated heterocycles. The molecule has 4 unspecified atom stereocenters. The third-order valence-electron chi connectivity index (χ3n) is 3.95. The van der Waals surface area contributed by atoms with Crippen molar-refractivity contribution in [1.29, 1.82) is 0 Å². The summed E-state index contributed by atoms with van der Waals surface area (Å²) in [6.45, 7) is 0.826. The SMILES string of the molecule is OC1OCC2C3CC[C@@H](C3)C12. The van der Waals surface area contributed by atoms with Crippen molar-refractivity contribution in [3.63, 3.8) is 0 Å². The molecule has 0 aromatic heterocycles. The van der Waals surface area contributed by atoms with Gasteiger partial charge in [-0.05, 0) is 37.0 Å². The van der Waals surface area contributed by atoms with Gasteiger partial charge in [0.25, 0.3) is 0 Å². The van der Waals surface area contributed by atoms with E-state index in [4.69, 9.17) is 4.74 Å². The zero-order valence-electron chi connectivity index (χ0n) is 6.57. The van der Waals surface area contributed by atoms with Crippen LogP contribution in [0.3, 0.4) is 0 Å². The molecule has 0 radical (unpaired) electrons. The molecule has 5 atom stereocenters. The third-order valence-corrected chi connectivity index (χ3v) is 3.95. The minimum absolute atomic E-state index is 0.421. The Hall–Kier alpha value is -0.0800. The van der Waals surface area contributed by atoms with Crippen LogP contribution in [0, 0.1) is 23.7 Å². The van der Waals surface area contributed by atoms with E-state index in [1.165, 1.54) is 19.3 Å². The van der Waals surface area contributed by atoms with Crippen LogP contribution < -0.4 is 0 Å². The summed E-state index contributed by atoms with van der Waals surface area (Å²) in [5.74, 6) is 2.90. The van der Waals surface area contributed by atoms with E-state index in [1.54, 1.807) is 0 Å². The zero-order valence-corrected chi connectivity index (χ0v) is 6.57. The number of hydrogen-bond acceptors (Lipinski definition) is 2. The summed E-state index contributed by atoms with van der Waals surface area (Å²) in [4.78, 5) is 0. The maximum absolute atomic E-state index is 9.50. The van der Waals surface area contributed by atoms with E-state index in [9.17, 15) is 5.11 Å². The van der Waals surface area contributed by atoms with Gasteiger partial charge in [-0.1, -0.05) is 0 Å². The normalized spacial score (nSPS) is 60.3. The Labute approximate surface area is 66.5 Å². The highest BCUT2D eigenvalue weighted by atomic mass is 16.6. The van der Waals surface area contributed by atoms with E-state index in [0.29, 0.717) is 11.8 Å². The first-order valence-corrected chi connectivity index (χ1v) is 4.66. The van der Waals surface area contributed by atoms with E-state index in [2.05, 4.69) is 0 Å². The van der Waals surface area contributed by atoms with Gasteiger partial charge in [0.05, 0.1) is 6.61 Å². The van der Waals surface area contributed by atoms with Crippen molar-refractivity contribution in [2.45, 2.75) is 25.6 Å². The van der Waals surface area contributed by atoms with Crippen LogP contribution in [0.15, 0.2) is 0 Å². The van der Waals surface area contributed by atoms with Gasteiger partial charge in [0.1, 0.15) is 0 Å². The van der Waals surface area contributed by atoms with Gasteiger partial charge in [-0.15, -0.1) is 0 Å². The molecule has 2 saturated carbocycles. The molecule has 0 spiro atoms. The highest BCUT2D eigenvalue weighted by Gasteiger charge is 2.53. The maximum Gasteiger partial charge on any atom is 0.157 e. The minimum atomic E-state index is -0.421. The number of ether oxygens (including phenoxy) is 1. The fourth-order valence-corrected chi connectivity index (χ4v) is 3.47. The first kappa shape index (κ1) is 6.44. The predicted molar refractivity (Wildman–Crippen MR) is 39.8 cm³/mol. The molecule has 2 aliphatic carbocycles. The van der Waals surface area contributed by atoms with E-state index >= 15 is 0 Å². The first-order chi connectivity index (χ1) is 5.36. The molecule has 11 heavy (non-hydrogen) atoms. The standard InChI is InChI=1S/C9H14O2/c10-9-8-6-2-1-5(3-6)7(8)4-11-9/h5-10H,1-4H2/t5?,6-,7?,8?,9?/m0/s1. The van der Waals surface area contributed by atoms with Crippen molar-refractivity contribution in [2.75, 3.05) is 6.61 Å². The molecule has 1 heterocycles. The number of hydrogen-bond donors (Lipinski definition) is 1. The van der Waals surface area contributed by atoms with Gasteiger partial charge in [0.15, 0.2) is 6.29 Å². The second-order valence-electron chi connectivity index (χ2n) is 4.30. The van der Waals surface area contributed by atoms with Gasteiger partial charge < -0.3 is 9.84 Å². The Bertz CT molecular complexity index is 180. The fourth-order valence-electron chi connectivity index (χ4n) is 3.47. The number of rotatable bonds is 0. The summed E-state index contributed by atoms with van der Waals surface area (Å²) in [7, 11) is 0. The van der Waals surface area contributed by atoms with Crippen molar-refractivity contribution < 1.29 is 9.84 Å². The lowest BCUT2D eigenvalue weighted by molar-refractivity contribution is -0.0918. The second-order valence-corrected chi connectivity index (χ2v) is 4.30. The lowest BCUT2D eigenvalue weighted by Gasteiger charge is -2.23. The molecule has 1 aliphatic heterocycles. The molecular weight excluding hydrogens is 140 g/mol. The zero-order chi connectivity index (χ0) is 7.42. The van der Waals surface area contributed by atoms with Crippen molar-refractivity contribution in [3.05, 3.63) is 0 Å². The molecule has 2 heteroatoms. The summed E-state index contributed by atoms with van der Waals surface area (Å²) < 4.78 is 5.26. The van der Waals surface area contributed by atoms with Gasteiger partial charge >= 0.3 is 0 Å². The Balaban J connectivity index is 1.91. The average molecular weight is 154 g/mol. The van der Waals surface area contributed by atoms with E-state index in [1.807, 2.05) is 0 Å². The summed E-state index contributed by atoms with van der Waals surface area (Å²) in [6.07, 6.45) is 3.68. The van der Waals surface area contributed by atoms with Gasteiger partial charge in [-0.2, -0.15) is 0 Å². The van der Waals surface area contributed by atoms with Crippen LogP contribution >= 0.6 is 0 Å². The molecule has 2 bridgehead atoms. The van der Waals surface area contributed by atoms with Gasteiger partial charge in [0.2, 0.25) is 0 Å². The number of aliphatic hydroxyl groups excluding tert-OH is 1. The van der Waals surface area contributed by atoms with Crippen molar-refractivity contribution in [1.82, 2.24) is 0 Å². The quantitative estimate of drug-likeness (QED) is 0.564. The Morgan fingerprint density at radius 1 is 1.18 bits per heavy atom. The highest BCUT2D eigenvalue weighted by Crippen LogP contribution is 2.56. The Kier molecular flexibility index (Phi) is 1.16. The molecule has 2 nitrogen and oxygen atoms in total. The third kappa shape index (κ3) is 0.695. The first-order valence-electron chi connectivity index (χ1n) is 4.66. The van der Waals surface area contributed by atoms with Crippen LogP contribution in [-0.2, 0) is 4.74 Å². The summed E-state index contributed by atoms with van der Waals surface area (Å²) in [6, 6.07) is 0. The smallest absolute Gasteiger partial charge is 0.157 e. The van der Waals surface area contributed by atoms with Crippen LogP contribution in [0.2, 0.25) is 0 Å². The van der Waals surface area contributed by atoms with Crippen molar-refractivity contribution in [2.24, 2.45) is 23.7 Å². The van der Waals surface area contributed by atoms with Crippen LogP contribution in [0.1, 0.15) is 19.3 Å². The largest absolute Gasteiger partial charge is 0.368 e. The molecule has 3 rings (SSSR count). The Morgan fingerprint density at radius 2 is 2.00 bits per heavy atom. The summed E-state index contributed by atoms with van der Waals surface area (Å²) in [5.41, 5.74) is 0. The van der Waals surface area contributed by atoms with Gasteiger partial charge in [-0.25, -0.2) is 0 Å². The van der Waals surface area contributed by atoms with Gasteiger partial charge in [-0.3, -0.25) is 0 Å². The molecule has 3 aliphatic rings. The predicted octanol–water partition coefficient (Wildman–Crippen LogP) is 0.997. The average Bonchev–Trinajstić information content (AvgIpc) is 2.60. The van der Waals surface area contributed by atoms with Crippen LogP contribution in [0.5, 0.6) is 0 Å². The molecule has 1 N–H and O–H groups in total. The molecule has 62 valence electrons. The topological polar surface area (TPSA) is 29.5 Å². The summed E-state index contributed by atoms with van der Waals surface area (Å²) in [5, 5.41) is 9.50. The fraction of sp³-hybridized carbons (Fsp3) is 1.00. The molecule has 0 aromatic rings. The highest BCUT2D eigenvalue weighted by molar-refractivity contribution is 4.99. The lowest BCUT2D eigenvalue weighted by Crippen LogP contribution is -2.25. The van der Waals surface area contributed by atoms with Crippen LogP contribution in [0.25, 0.3) is 0 Å². The maximum atomic E-state index is 9.50. The number of aliphatic hydroxyl groups is 1. The molecule has 0 amide bonds. The van der Waals surface area contributed by atoms with Crippen LogP contribution in [-0.4, -0.2) is 18.0 Å². The molecule has 3 fully saturated rings. The lowest BCUT2D eigenvalue weighted by atomic mass is 9.81. The number of fused-ring (bicyclic) bond motifs is 5. The summed E-state index contributed by atoms with van der Waals surface area (Å²) >= 11 is 0. The van der Waals surface area contributed by atoms with Crippen molar-refractivity contribution >= 4 is 0 Å². The van der Waals surface area contributed by atoms with Crippen molar-refractivity contribution in [3.8, 4) is 0 Å². The van der Waals surface area contributed by atoms with Crippen LogP contribution in [0.4, 0.5) is 0 Å². The Morgan fingerprint density at radius 3 is 2.82 bits per heavy atom. The van der Waals surface area contributed by atoms with E-state index in [-0.39, 0.29) is 0 Å². The monoisotopic (exact) mass is 154 g/mol. The molecular formula is C9H14O2. The minimum Gasteiger partial charge on any atom is -0.368 e. The second kappa shape index (κ2) is 1.99. The molecule has 0 aromatic carbocycles. The van der Waals surface area contributed by atoms with Gasteiger partial charge in [0, 0.05) is 5.92 Å². The van der Waals surface area contributed by atoms with E-state index in [0.717, 1.165) is 18.4 Å².